The SMILES string of the molecule is O=S(=O)(Cc1ccccc1)N1CCN(C2CCCCC2O)CC1. The average molecular weight is 338 g/mol. The lowest BCUT2D eigenvalue weighted by Crippen LogP contribution is -2.55. The topological polar surface area (TPSA) is 60.9 Å². The second kappa shape index (κ2) is 7.30. The number of nitrogens with zero attached hydrogens (tertiary/aromatic N) is 2. The van der Waals surface area contributed by atoms with Crippen molar-refractivity contribution in [3.8, 4) is 0 Å². The van der Waals surface area contributed by atoms with Crippen LogP contribution in [0.3, 0.4) is 0 Å². The largest absolute Gasteiger partial charge is 0.391 e. The number of aliphatic hydroxyl groups excluding tert-OH is 1. The van der Waals surface area contributed by atoms with Gasteiger partial charge in [-0.1, -0.05) is 43.2 Å². The predicted molar refractivity (Wildman–Crippen MR) is 90.5 cm³/mol. The Morgan fingerprint density at radius 3 is 2.30 bits per heavy atom. The van der Waals surface area contributed by atoms with Gasteiger partial charge >= 0.3 is 0 Å². The fourth-order valence-electron chi connectivity index (χ4n) is 3.71. The lowest BCUT2D eigenvalue weighted by molar-refractivity contribution is 0.00639. The molecule has 2 aliphatic rings. The molecule has 1 heterocycles. The van der Waals surface area contributed by atoms with Crippen molar-refractivity contribution in [3.63, 3.8) is 0 Å². The minimum absolute atomic E-state index is 0.0693. The zero-order valence-electron chi connectivity index (χ0n) is 13.5. The van der Waals surface area contributed by atoms with Gasteiger partial charge in [-0.05, 0) is 18.4 Å². The first kappa shape index (κ1) is 16.9. The molecule has 23 heavy (non-hydrogen) atoms. The van der Waals surface area contributed by atoms with Crippen LogP contribution in [-0.2, 0) is 15.8 Å². The van der Waals surface area contributed by atoms with Gasteiger partial charge < -0.3 is 5.11 Å². The first-order valence-corrected chi connectivity index (χ1v) is 10.1. The van der Waals surface area contributed by atoms with E-state index in [-0.39, 0.29) is 17.9 Å². The standard InChI is InChI=1S/C17H26N2O3S/c20-17-9-5-4-8-16(17)18-10-12-19(13-11-18)23(21,22)14-15-6-2-1-3-7-15/h1-3,6-7,16-17,20H,4-5,8-14H2. The van der Waals surface area contributed by atoms with Gasteiger partial charge in [0.25, 0.3) is 0 Å². The molecule has 3 rings (SSSR count). The molecule has 0 amide bonds. The molecular weight excluding hydrogens is 312 g/mol. The second-order valence-electron chi connectivity index (χ2n) is 6.60. The fourth-order valence-corrected chi connectivity index (χ4v) is 5.22. The van der Waals surface area contributed by atoms with Gasteiger partial charge in [0.05, 0.1) is 11.9 Å². The molecular formula is C17H26N2O3S. The van der Waals surface area contributed by atoms with Crippen LogP contribution in [0.2, 0.25) is 0 Å². The van der Waals surface area contributed by atoms with Crippen molar-refractivity contribution in [2.45, 2.75) is 43.6 Å². The highest BCUT2D eigenvalue weighted by Gasteiger charge is 2.33. The second-order valence-corrected chi connectivity index (χ2v) is 8.56. The molecule has 6 heteroatoms. The van der Waals surface area contributed by atoms with E-state index in [1.807, 2.05) is 30.3 Å². The third-order valence-electron chi connectivity index (χ3n) is 5.02. The number of sulfonamides is 1. The maximum absolute atomic E-state index is 12.6. The Bertz CT molecular complexity index is 598. The van der Waals surface area contributed by atoms with Crippen LogP contribution in [-0.4, -0.2) is 61.1 Å². The molecule has 0 spiro atoms. The molecule has 0 aromatic heterocycles. The number of benzene rings is 1. The average Bonchev–Trinajstić information content (AvgIpc) is 2.56. The smallest absolute Gasteiger partial charge is 0.218 e. The van der Waals surface area contributed by atoms with Crippen molar-refractivity contribution in [3.05, 3.63) is 35.9 Å². The van der Waals surface area contributed by atoms with Crippen molar-refractivity contribution >= 4 is 10.0 Å². The molecule has 1 N–H and O–H groups in total. The summed E-state index contributed by atoms with van der Waals surface area (Å²) in [6.45, 7) is 2.49. The zero-order valence-corrected chi connectivity index (χ0v) is 14.3. The highest BCUT2D eigenvalue weighted by atomic mass is 32.2. The first-order valence-electron chi connectivity index (χ1n) is 8.50. The van der Waals surface area contributed by atoms with E-state index in [2.05, 4.69) is 4.90 Å². The van der Waals surface area contributed by atoms with Crippen molar-refractivity contribution in [1.29, 1.82) is 0 Å². The fraction of sp³-hybridized carbons (Fsp3) is 0.647. The van der Waals surface area contributed by atoms with Crippen LogP contribution in [0.25, 0.3) is 0 Å². The predicted octanol–water partition coefficient (Wildman–Crippen LogP) is 1.44. The molecule has 0 bridgehead atoms. The van der Waals surface area contributed by atoms with Crippen LogP contribution in [0.4, 0.5) is 0 Å². The van der Waals surface area contributed by atoms with E-state index < -0.39 is 10.0 Å². The van der Waals surface area contributed by atoms with Crippen molar-refractivity contribution in [1.82, 2.24) is 9.21 Å². The molecule has 1 aromatic rings. The van der Waals surface area contributed by atoms with Gasteiger partial charge in [0, 0.05) is 32.2 Å². The van der Waals surface area contributed by atoms with Gasteiger partial charge in [0.2, 0.25) is 10.0 Å². The maximum atomic E-state index is 12.6. The monoisotopic (exact) mass is 338 g/mol. The number of aliphatic hydroxyl groups is 1. The van der Waals surface area contributed by atoms with Crippen molar-refractivity contribution in [2.24, 2.45) is 0 Å². The number of piperazine rings is 1. The van der Waals surface area contributed by atoms with Gasteiger partial charge in [-0.3, -0.25) is 4.90 Å². The lowest BCUT2D eigenvalue weighted by atomic mass is 9.91. The molecule has 128 valence electrons. The van der Waals surface area contributed by atoms with Crippen LogP contribution in [0.5, 0.6) is 0 Å². The Hall–Kier alpha value is -0.950. The lowest BCUT2D eigenvalue weighted by Gasteiger charge is -2.42. The number of rotatable bonds is 4. The van der Waals surface area contributed by atoms with E-state index in [9.17, 15) is 13.5 Å². The van der Waals surface area contributed by atoms with Gasteiger partial charge in [0.1, 0.15) is 0 Å². The van der Waals surface area contributed by atoms with Gasteiger partial charge in [0.15, 0.2) is 0 Å². The van der Waals surface area contributed by atoms with Crippen LogP contribution in [0, 0.1) is 0 Å². The zero-order chi connectivity index (χ0) is 16.3. The Morgan fingerprint density at radius 1 is 1.00 bits per heavy atom. The minimum atomic E-state index is -3.26. The quantitative estimate of drug-likeness (QED) is 0.902. The van der Waals surface area contributed by atoms with Gasteiger partial charge in [-0.15, -0.1) is 0 Å². The van der Waals surface area contributed by atoms with Gasteiger partial charge in [-0.2, -0.15) is 4.31 Å². The van der Waals surface area contributed by atoms with E-state index in [1.54, 1.807) is 4.31 Å². The third kappa shape index (κ3) is 4.12. The molecule has 1 saturated carbocycles. The Balaban J connectivity index is 1.57. The highest BCUT2D eigenvalue weighted by Crippen LogP contribution is 2.25. The third-order valence-corrected chi connectivity index (χ3v) is 6.87. The van der Waals surface area contributed by atoms with E-state index in [0.717, 1.165) is 44.3 Å². The molecule has 0 radical (unpaired) electrons. The molecule has 2 atom stereocenters. The molecule has 2 fully saturated rings. The summed E-state index contributed by atoms with van der Waals surface area (Å²) in [5.74, 6) is 0.0693. The summed E-state index contributed by atoms with van der Waals surface area (Å²) in [7, 11) is -3.26. The summed E-state index contributed by atoms with van der Waals surface area (Å²) in [5.41, 5.74) is 0.831. The van der Waals surface area contributed by atoms with Crippen LogP contribution in [0.1, 0.15) is 31.2 Å². The first-order chi connectivity index (χ1) is 11.1. The van der Waals surface area contributed by atoms with Gasteiger partial charge in [-0.25, -0.2) is 8.42 Å². The molecule has 1 saturated heterocycles. The van der Waals surface area contributed by atoms with Crippen molar-refractivity contribution in [2.75, 3.05) is 26.2 Å². The number of hydrogen-bond acceptors (Lipinski definition) is 4. The molecule has 1 aliphatic carbocycles. The molecule has 2 unspecified atom stereocenters. The van der Waals surface area contributed by atoms with Crippen molar-refractivity contribution < 1.29 is 13.5 Å². The molecule has 1 aliphatic heterocycles. The van der Waals surface area contributed by atoms with E-state index in [0.29, 0.717) is 13.1 Å². The molecule has 5 nitrogen and oxygen atoms in total. The molecule has 1 aromatic carbocycles. The number of hydrogen-bond donors (Lipinski definition) is 1. The highest BCUT2D eigenvalue weighted by molar-refractivity contribution is 7.88. The van der Waals surface area contributed by atoms with E-state index in [4.69, 9.17) is 0 Å². The summed E-state index contributed by atoms with van der Waals surface area (Å²) >= 11 is 0. The Morgan fingerprint density at radius 2 is 1.65 bits per heavy atom. The summed E-state index contributed by atoms with van der Waals surface area (Å²) in [6, 6.07) is 9.55. The summed E-state index contributed by atoms with van der Waals surface area (Å²) in [6.07, 6.45) is 3.91. The summed E-state index contributed by atoms with van der Waals surface area (Å²) in [4.78, 5) is 2.28. The summed E-state index contributed by atoms with van der Waals surface area (Å²) in [5, 5.41) is 10.2. The normalized spacial score (nSPS) is 27.9. The summed E-state index contributed by atoms with van der Waals surface area (Å²) < 4.78 is 26.7. The Labute approximate surface area is 139 Å². The van der Waals surface area contributed by atoms with Crippen LogP contribution >= 0.6 is 0 Å². The van der Waals surface area contributed by atoms with E-state index >= 15 is 0 Å². The maximum Gasteiger partial charge on any atom is 0.218 e. The minimum Gasteiger partial charge on any atom is -0.391 e. The van der Waals surface area contributed by atoms with Crippen LogP contribution < -0.4 is 0 Å². The Kier molecular flexibility index (Phi) is 5.36. The van der Waals surface area contributed by atoms with E-state index in [1.165, 1.54) is 0 Å². The van der Waals surface area contributed by atoms with Crippen LogP contribution in [0.15, 0.2) is 30.3 Å².